The number of amides is 1. The largest absolute Gasteiger partial charge is 0.463 e. The van der Waals surface area contributed by atoms with Gasteiger partial charge in [0.15, 0.2) is 13.2 Å². The van der Waals surface area contributed by atoms with Crippen molar-refractivity contribution in [3.8, 4) is 5.88 Å². The molecule has 1 aromatic heterocycles. The van der Waals surface area contributed by atoms with Gasteiger partial charge >= 0.3 is 5.97 Å². The van der Waals surface area contributed by atoms with Crippen molar-refractivity contribution in [2.24, 2.45) is 0 Å². The normalized spacial score (nSPS) is 11.6. The lowest BCUT2D eigenvalue weighted by molar-refractivity contribution is -0.150. The van der Waals surface area contributed by atoms with E-state index in [4.69, 9.17) is 25.6 Å². The SMILES string of the molecule is Cc1cc(OCC(=O)OCC(=O)N[C@H](C)c2cccc(Cl)c2)no1. The first-order valence-corrected chi connectivity index (χ1v) is 7.58. The van der Waals surface area contributed by atoms with Gasteiger partial charge in [0.2, 0.25) is 0 Å². The summed E-state index contributed by atoms with van der Waals surface area (Å²) in [7, 11) is 0. The first kappa shape index (κ1) is 17.8. The van der Waals surface area contributed by atoms with Gasteiger partial charge in [0.25, 0.3) is 11.8 Å². The van der Waals surface area contributed by atoms with Crippen LogP contribution in [0.1, 0.15) is 24.3 Å². The van der Waals surface area contributed by atoms with E-state index in [9.17, 15) is 9.59 Å². The third-order valence-electron chi connectivity index (χ3n) is 3.03. The molecule has 0 unspecified atom stereocenters. The van der Waals surface area contributed by atoms with Crippen LogP contribution < -0.4 is 10.1 Å². The molecule has 0 saturated carbocycles. The fourth-order valence-corrected chi connectivity index (χ4v) is 2.07. The molecule has 24 heavy (non-hydrogen) atoms. The summed E-state index contributed by atoms with van der Waals surface area (Å²) in [6.45, 7) is 2.75. The first-order chi connectivity index (χ1) is 11.4. The Kier molecular flexibility index (Phi) is 6.20. The minimum absolute atomic E-state index is 0.184. The standard InChI is InChI=1S/C16H17ClN2O5/c1-10-6-15(19-24-10)22-9-16(21)23-8-14(20)18-11(2)12-4-3-5-13(17)7-12/h3-7,11H,8-9H2,1-2H3,(H,18,20)/t11-/m1/s1. The Labute approximate surface area is 143 Å². The first-order valence-electron chi connectivity index (χ1n) is 7.20. The Hall–Kier alpha value is -2.54. The van der Waals surface area contributed by atoms with Crippen LogP contribution in [0.5, 0.6) is 5.88 Å². The summed E-state index contributed by atoms with van der Waals surface area (Å²) >= 11 is 5.91. The molecule has 1 aromatic carbocycles. The van der Waals surface area contributed by atoms with Gasteiger partial charge in [0.05, 0.1) is 6.04 Å². The summed E-state index contributed by atoms with van der Waals surface area (Å²) in [5.41, 5.74) is 0.854. The molecule has 1 amide bonds. The monoisotopic (exact) mass is 352 g/mol. The molecule has 8 heteroatoms. The van der Waals surface area contributed by atoms with Crippen LogP contribution in [0, 0.1) is 6.92 Å². The van der Waals surface area contributed by atoms with Crippen molar-refractivity contribution < 1.29 is 23.6 Å². The van der Waals surface area contributed by atoms with Crippen molar-refractivity contribution in [3.05, 3.63) is 46.7 Å². The fraction of sp³-hybridized carbons (Fsp3) is 0.312. The summed E-state index contributed by atoms with van der Waals surface area (Å²) in [4.78, 5) is 23.3. The molecule has 0 fully saturated rings. The molecule has 1 heterocycles. The predicted octanol–water partition coefficient (Wildman–Crippen LogP) is 2.44. The maximum absolute atomic E-state index is 11.8. The van der Waals surface area contributed by atoms with E-state index in [2.05, 4.69) is 10.5 Å². The lowest BCUT2D eigenvalue weighted by atomic mass is 10.1. The van der Waals surface area contributed by atoms with Crippen molar-refractivity contribution in [1.82, 2.24) is 10.5 Å². The number of hydrogen-bond donors (Lipinski definition) is 1. The van der Waals surface area contributed by atoms with Gasteiger partial charge in [-0.3, -0.25) is 4.79 Å². The predicted molar refractivity (Wildman–Crippen MR) is 85.7 cm³/mol. The lowest BCUT2D eigenvalue weighted by Gasteiger charge is -2.14. The Balaban J connectivity index is 1.71. The van der Waals surface area contributed by atoms with Crippen LogP contribution >= 0.6 is 11.6 Å². The van der Waals surface area contributed by atoms with E-state index in [0.717, 1.165) is 5.56 Å². The van der Waals surface area contributed by atoms with Crippen molar-refractivity contribution in [2.45, 2.75) is 19.9 Å². The lowest BCUT2D eigenvalue weighted by Crippen LogP contribution is -2.31. The number of aromatic nitrogens is 1. The molecule has 2 rings (SSSR count). The molecule has 0 bridgehead atoms. The zero-order chi connectivity index (χ0) is 17.5. The number of halogens is 1. The van der Waals surface area contributed by atoms with Crippen molar-refractivity contribution in [3.63, 3.8) is 0 Å². The van der Waals surface area contributed by atoms with Gasteiger partial charge in [-0.25, -0.2) is 4.79 Å². The van der Waals surface area contributed by atoms with E-state index in [1.54, 1.807) is 32.0 Å². The molecule has 0 saturated heterocycles. The molecule has 0 aliphatic carbocycles. The van der Waals surface area contributed by atoms with Crippen LogP contribution in [0.25, 0.3) is 0 Å². The molecule has 0 aliphatic heterocycles. The number of nitrogens with zero attached hydrogens (tertiary/aromatic N) is 1. The van der Waals surface area contributed by atoms with Gasteiger partial charge in [-0.1, -0.05) is 23.7 Å². The molecule has 7 nitrogen and oxygen atoms in total. The van der Waals surface area contributed by atoms with Gasteiger partial charge in [-0.05, 0) is 36.7 Å². The zero-order valence-corrected chi connectivity index (χ0v) is 14.0. The van der Waals surface area contributed by atoms with Crippen LogP contribution in [-0.4, -0.2) is 30.2 Å². The van der Waals surface area contributed by atoms with E-state index in [1.807, 2.05) is 6.07 Å². The quantitative estimate of drug-likeness (QED) is 0.770. The number of hydrogen-bond acceptors (Lipinski definition) is 6. The van der Waals surface area contributed by atoms with Gasteiger partial charge in [-0.15, -0.1) is 0 Å². The second-order valence-corrected chi connectivity index (χ2v) is 5.51. The highest BCUT2D eigenvalue weighted by Gasteiger charge is 2.13. The number of carbonyl (C=O) groups is 2. The van der Waals surface area contributed by atoms with Crippen molar-refractivity contribution >= 4 is 23.5 Å². The van der Waals surface area contributed by atoms with Crippen LogP contribution in [0.2, 0.25) is 5.02 Å². The molecular weight excluding hydrogens is 336 g/mol. The molecule has 128 valence electrons. The molecule has 0 spiro atoms. The average molecular weight is 353 g/mol. The van der Waals surface area contributed by atoms with E-state index in [-0.39, 0.29) is 18.5 Å². The van der Waals surface area contributed by atoms with Crippen LogP contribution in [0.15, 0.2) is 34.9 Å². The highest BCUT2D eigenvalue weighted by Crippen LogP contribution is 2.17. The maximum Gasteiger partial charge on any atom is 0.344 e. The van der Waals surface area contributed by atoms with E-state index < -0.39 is 18.5 Å². The summed E-state index contributed by atoms with van der Waals surface area (Å²) in [5, 5.41) is 6.86. The van der Waals surface area contributed by atoms with E-state index >= 15 is 0 Å². The van der Waals surface area contributed by atoms with Gasteiger partial charge in [0.1, 0.15) is 5.76 Å². The van der Waals surface area contributed by atoms with Crippen molar-refractivity contribution in [1.29, 1.82) is 0 Å². The number of benzene rings is 1. The van der Waals surface area contributed by atoms with Gasteiger partial charge in [-0.2, -0.15) is 0 Å². The highest BCUT2D eigenvalue weighted by atomic mass is 35.5. The number of esters is 1. The van der Waals surface area contributed by atoms with Crippen LogP contribution in [0.3, 0.4) is 0 Å². The Morgan fingerprint density at radius 2 is 2.12 bits per heavy atom. The second kappa shape index (κ2) is 8.35. The van der Waals surface area contributed by atoms with Crippen LogP contribution in [-0.2, 0) is 14.3 Å². The minimum Gasteiger partial charge on any atom is -0.463 e. The van der Waals surface area contributed by atoms with Crippen LogP contribution in [0.4, 0.5) is 0 Å². The number of nitrogens with one attached hydrogen (secondary N) is 1. The van der Waals surface area contributed by atoms with Gasteiger partial charge < -0.3 is 19.3 Å². The Morgan fingerprint density at radius 3 is 2.79 bits per heavy atom. The smallest absolute Gasteiger partial charge is 0.344 e. The topological polar surface area (TPSA) is 90.7 Å². The van der Waals surface area contributed by atoms with Gasteiger partial charge in [0, 0.05) is 11.1 Å². The second-order valence-electron chi connectivity index (χ2n) is 5.07. The number of carbonyl (C=O) groups excluding carboxylic acids is 2. The Bertz CT molecular complexity index is 716. The van der Waals surface area contributed by atoms with E-state index in [0.29, 0.717) is 10.8 Å². The molecule has 0 radical (unpaired) electrons. The summed E-state index contributed by atoms with van der Waals surface area (Å²) < 4.78 is 14.7. The van der Waals surface area contributed by atoms with E-state index in [1.165, 1.54) is 6.07 Å². The molecule has 1 N–H and O–H groups in total. The average Bonchev–Trinajstić information content (AvgIpc) is 2.96. The third kappa shape index (κ3) is 5.58. The zero-order valence-electron chi connectivity index (χ0n) is 13.2. The number of aryl methyl sites for hydroxylation is 1. The highest BCUT2D eigenvalue weighted by molar-refractivity contribution is 6.30. The minimum atomic E-state index is -0.679. The molecule has 2 aromatic rings. The molecule has 0 aliphatic rings. The number of rotatable bonds is 7. The summed E-state index contributed by atoms with van der Waals surface area (Å²) in [6, 6.07) is 8.42. The molecule has 1 atom stereocenters. The molecular formula is C16H17ClN2O5. The fourth-order valence-electron chi connectivity index (χ4n) is 1.87. The summed E-state index contributed by atoms with van der Waals surface area (Å²) in [6.07, 6.45) is 0. The summed E-state index contributed by atoms with van der Waals surface area (Å²) in [5.74, 6) is -0.356. The number of ether oxygens (including phenoxy) is 2. The maximum atomic E-state index is 11.8. The van der Waals surface area contributed by atoms with Crippen molar-refractivity contribution in [2.75, 3.05) is 13.2 Å². The third-order valence-corrected chi connectivity index (χ3v) is 3.27. The Morgan fingerprint density at radius 1 is 1.33 bits per heavy atom.